The van der Waals surface area contributed by atoms with Gasteiger partial charge in [-0.15, -0.1) is 11.3 Å². The minimum absolute atomic E-state index is 0.0173. The van der Waals surface area contributed by atoms with Gasteiger partial charge in [-0.3, -0.25) is 9.59 Å². The Morgan fingerprint density at radius 2 is 1.74 bits per heavy atom. The Hall–Kier alpha value is -3.19. The summed E-state index contributed by atoms with van der Waals surface area (Å²) in [5.41, 5.74) is 3.14. The number of aryl methyl sites for hydroxylation is 2. The number of aromatic nitrogens is 2. The van der Waals surface area contributed by atoms with Crippen LogP contribution in [-0.4, -0.2) is 46.8 Å². The van der Waals surface area contributed by atoms with Gasteiger partial charge in [0.2, 0.25) is 5.91 Å². The molecule has 6 nitrogen and oxygen atoms in total. The molecule has 1 aliphatic heterocycles. The largest absolute Gasteiger partial charge is 0.368 e. The first-order chi connectivity index (χ1) is 16.5. The number of rotatable bonds is 5. The van der Waals surface area contributed by atoms with Crippen LogP contribution in [0.3, 0.4) is 0 Å². The third kappa shape index (κ3) is 3.88. The Labute approximate surface area is 203 Å². The van der Waals surface area contributed by atoms with Gasteiger partial charge in [0.05, 0.1) is 15.8 Å². The lowest BCUT2D eigenvalue weighted by atomic mass is 10.1. The smallest absolute Gasteiger partial charge is 0.276 e. The monoisotopic (exact) mass is 474 g/mol. The number of fused-ring (bicyclic) bond motifs is 3. The standard InChI is InChI=1S/C27H30N4O2S/c1-4-19-10-12-20(13-11-19)29-14-16-30(17-15-29)26(32)22(5-2)31-27(33)24-21-8-6-7-9-23(21)34-25(24)18(3)28-31/h6-13,22H,4-5,14-17H2,1-3H3. The molecular weight excluding hydrogens is 444 g/mol. The number of hydrogen-bond acceptors (Lipinski definition) is 5. The van der Waals surface area contributed by atoms with Crippen molar-refractivity contribution in [3.05, 3.63) is 70.1 Å². The van der Waals surface area contributed by atoms with Gasteiger partial charge >= 0.3 is 0 Å². The van der Waals surface area contributed by atoms with Crippen LogP contribution in [0.25, 0.3) is 20.2 Å². The third-order valence-electron chi connectivity index (χ3n) is 6.87. The van der Waals surface area contributed by atoms with Crippen molar-refractivity contribution in [1.82, 2.24) is 14.7 Å². The molecule has 2 aromatic heterocycles. The molecule has 1 unspecified atom stereocenters. The van der Waals surface area contributed by atoms with Crippen molar-refractivity contribution in [3.8, 4) is 0 Å². The van der Waals surface area contributed by atoms with E-state index < -0.39 is 6.04 Å². The SMILES string of the molecule is CCc1ccc(N2CCN(C(=O)C(CC)n3nc(C)c4sc5ccccc5c4c3=O)CC2)cc1. The van der Waals surface area contributed by atoms with E-state index in [1.807, 2.05) is 43.0 Å². The summed E-state index contributed by atoms with van der Waals surface area (Å²) in [5, 5.41) is 6.24. The molecule has 1 amide bonds. The van der Waals surface area contributed by atoms with E-state index in [2.05, 4.69) is 41.2 Å². The van der Waals surface area contributed by atoms with Gasteiger partial charge in [-0.25, -0.2) is 4.68 Å². The molecule has 1 fully saturated rings. The zero-order chi connectivity index (χ0) is 23.8. The summed E-state index contributed by atoms with van der Waals surface area (Å²) < 4.78 is 3.42. The van der Waals surface area contributed by atoms with Crippen molar-refractivity contribution < 1.29 is 4.79 Å². The van der Waals surface area contributed by atoms with Gasteiger partial charge in [-0.05, 0) is 43.5 Å². The molecule has 0 radical (unpaired) electrons. The van der Waals surface area contributed by atoms with Crippen LogP contribution >= 0.6 is 11.3 Å². The zero-order valence-electron chi connectivity index (χ0n) is 20.0. The Kier molecular flexibility index (Phi) is 6.13. The van der Waals surface area contributed by atoms with Crippen LogP contribution in [0, 0.1) is 6.92 Å². The molecule has 176 valence electrons. The molecule has 2 aromatic carbocycles. The number of hydrogen-bond donors (Lipinski definition) is 0. The molecule has 4 aromatic rings. The summed E-state index contributed by atoms with van der Waals surface area (Å²) in [4.78, 5) is 31.3. The van der Waals surface area contributed by atoms with Gasteiger partial charge in [0.1, 0.15) is 6.04 Å². The normalized spacial score (nSPS) is 15.3. The first-order valence-corrected chi connectivity index (χ1v) is 12.9. The molecule has 0 aliphatic carbocycles. The topological polar surface area (TPSA) is 58.4 Å². The van der Waals surface area contributed by atoms with Crippen molar-refractivity contribution in [1.29, 1.82) is 0 Å². The number of nitrogens with zero attached hydrogens (tertiary/aromatic N) is 4. The number of thiophene rings is 1. The number of carbonyl (C=O) groups is 1. The van der Waals surface area contributed by atoms with Crippen LogP contribution in [0.1, 0.15) is 37.6 Å². The minimum atomic E-state index is -0.593. The first kappa shape index (κ1) is 22.6. The number of benzene rings is 2. The fourth-order valence-corrected chi connectivity index (χ4v) is 6.02. The minimum Gasteiger partial charge on any atom is -0.368 e. The second-order valence-electron chi connectivity index (χ2n) is 8.89. The highest BCUT2D eigenvalue weighted by molar-refractivity contribution is 7.26. The maximum absolute atomic E-state index is 13.6. The van der Waals surface area contributed by atoms with E-state index in [4.69, 9.17) is 0 Å². The fraction of sp³-hybridized carbons (Fsp3) is 0.370. The summed E-state index contributed by atoms with van der Waals surface area (Å²) in [6.45, 7) is 8.88. The highest BCUT2D eigenvalue weighted by atomic mass is 32.1. The van der Waals surface area contributed by atoms with Crippen LogP contribution < -0.4 is 10.5 Å². The number of amides is 1. The molecule has 1 atom stereocenters. The molecular formula is C27H30N4O2S. The van der Waals surface area contributed by atoms with Crippen LogP contribution in [-0.2, 0) is 11.2 Å². The Morgan fingerprint density at radius 1 is 1.03 bits per heavy atom. The van der Waals surface area contributed by atoms with E-state index >= 15 is 0 Å². The Morgan fingerprint density at radius 3 is 2.41 bits per heavy atom. The molecule has 34 heavy (non-hydrogen) atoms. The molecule has 7 heteroatoms. The van der Waals surface area contributed by atoms with E-state index in [1.54, 1.807) is 11.3 Å². The molecule has 1 saturated heterocycles. The predicted molar refractivity (Wildman–Crippen MR) is 140 cm³/mol. The van der Waals surface area contributed by atoms with E-state index in [9.17, 15) is 9.59 Å². The van der Waals surface area contributed by atoms with E-state index in [0.717, 1.165) is 40.0 Å². The second kappa shape index (κ2) is 9.22. The Bertz CT molecular complexity index is 1400. The molecule has 3 heterocycles. The lowest BCUT2D eigenvalue weighted by molar-refractivity contribution is -0.135. The molecule has 0 spiro atoms. The van der Waals surface area contributed by atoms with Gasteiger partial charge in [0.25, 0.3) is 5.56 Å². The van der Waals surface area contributed by atoms with Crippen molar-refractivity contribution in [2.24, 2.45) is 0 Å². The summed E-state index contributed by atoms with van der Waals surface area (Å²) >= 11 is 1.59. The quantitative estimate of drug-likeness (QED) is 0.418. The lowest BCUT2D eigenvalue weighted by Crippen LogP contribution is -2.51. The van der Waals surface area contributed by atoms with Gasteiger partial charge in [-0.1, -0.05) is 44.2 Å². The predicted octanol–water partition coefficient (Wildman–Crippen LogP) is 4.78. The summed E-state index contributed by atoms with van der Waals surface area (Å²) in [7, 11) is 0. The van der Waals surface area contributed by atoms with Crippen molar-refractivity contribution in [2.45, 2.75) is 39.7 Å². The van der Waals surface area contributed by atoms with Gasteiger partial charge in [0, 0.05) is 42.0 Å². The summed E-state index contributed by atoms with van der Waals surface area (Å²) in [5.74, 6) is -0.0173. The van der Waals surface area contributed by atoms with Gasteiger partial charge in [0.15, 0.2) is 0 Å². The highest BCUT2D eigenvalue weighted by Crippen LogP contribution is 2.33. The van der Waals surface area contributed by atoms with E-state index in [-0.39, 0.29) is 11.5 Å². The highest BCUT2D eigenvalue weighted by Gasteiger charge is 2.30. The molecule has 0 saturated carbocycles. The van der Waals surface area contributed by atoms with Crippen molar-refractivity contribution in [3.63, 3.8) is 0 Å². The second-order valence-corrected chi connectivity index (χ2v) is 9.95. The summed E-state index contributed by atoms with van der Waals surface area (Å²) in [6.07, 6.45) is 1.55. The molecule has 1 aliphatic rings. The number of piperazine rings is 1. The van der Waals surface area contributed by atoms with Crippen LogP contribution in [0.15, 0.2) is 53.3 Å². The average Bonchev–Trinajstić information content (AvgIpc) is 3.28. The zero-order valence-corrected chi connectivity index (χ0v) is 20.8. The van der Waals surface area contributed by atoms with Crippen LogP contribution in [0.2, 0.25) is 0 Å². The number of anilines is 1. The third-order valence-corrected chi connectivity index (χ3v) is 8.15. The molecule has 5 rings (SSSR count). The lowest BCUT2D eigenvalue weighted by Gasteiger charge is -2.37. The maximum Gasteiger partial charge on any atom is 0.276 e. The van der Waals surface area contributed by atoms with Gasteiger partial charge < -0.3 is 9.80 Å². The van der Waals surface area contributed by atoms with Crippen LogP contribution in [0.5, 0.6) is 0 Å². The number of carbonyl (C=O) groups excluding carboxylic acids is 1. The van der Waals surface area contributed by atoms with E-state index in [0.29, 0.717) is 24.9 Å². The van der Waals surface area contributed by atoms with Gasteiger partial charge in [-0.2, -0.15) is 5.10 Å². The van der Waals surface area contributed by atoms with Crippen molar-refractivity contribution >= 4 is 43.1 Å². The van der Waals surface area contributed by atoms with Crippen LogP contribution in [0.4, 0.5) is 5.69 Å². The van der Waals surface area contributed by atoms with E-state index in [1.165, 1.54) is 15.9 Å². The Balaban J connectivity index is 1.40. The molecule has 0 bridgehead atoms. The first-order valence-electron chi connectivity index (χ1n) is 12.0. The maximum atomic E-state index is 13.6. The van der Waals surface area contributed by atoms with Crippen molar-refractivity contribution in [2.75, 3.05) is 31.1 Å². The molecule has 0 N–H and O–H groups in total. The summed E-state index contributed by atoms with van der Waals surface area (Å²) in [6, 6.07) is 16.0. The fourth-order valence-electron chi connectivity index (χ4n) is 4.88. The average molecular weight is 475 g/mol.